The van der Waals surface area contributed by atoms with Crippen LogP contribution in [0, 0.1) is 10.1 Å². The van der Waals surface area contributed by atoms with Gasteiger partial charge in [0.05, 0.1) is 17.7 Å². The second kappa shape index (κ2) is 7.90. The molecule has 2 N–H and O–H groups in total. The Kier molecular flexibility index (Phi) is 5.65. The van der Waals surface area contributed by atoms with Gasteiger partial charge in [-0.05, 0) is 18.2 Å². The van der Waals surface area contributed by atoms with Crippen molar-refractivity contribution in [3.05, 3.63) is 69.2 Å². The van der Waals surface area contributed by atoms with Crippen LogP contribution in [0.1, 0.15) is 5.56 Å². The van der Waals surface area contributed by atoms with Crippen molar-refractivity contribution in [1.82, 2.24) is 5.43 Å². The van der Waals surface area contributed by atoms with Crippen LogP contribution in [-0.4, -0.2) is 23.6 Å². The fraction of sp³-hybridized carbons (Fsp3) is 0.0667. The van der Waals surface area contributed by atoms with Gasteiger partial charge < -0.3 is 5.32 Å². The third-order valence-corrected chi connectivity index (χ3v) is 3.12. The lowest BCUT2D eigenvalue weighted by Gasteiger charge is -2.04. The largest absolute Gasteiger partial charge is 0.376 e. The van der Waals surface area contributed by atoms with Crippen LogP contribution in [0.25, 0.3) is 0 Å². The zero-order valence-corrected chi connectivity index (χ0v) is 12.7. The van der Waals surface area contributed by atoms with E-state index in [1.54, 1.807) is 6.07 Å². The van der Waals surface area contributed by atoms with Crippen molar-refractivity contribution in [1.29, 1.82) is 0 Å². The normalized spacial score (nSPS) is 10.5. The molecule has 2 rings (SSSR count). The van der Waals surface area contributed by atoms with Crippen LogP contribution in [-0.2, 0) is 4.79 Å². The number of nitrogens with zero attached hydrogens (tertiary/aromatic N) is 2. The number of halogens is 1. The first-order chi connectivity index (χ1) is 11.1. The van der Waals surface area contributed by atoms with E-state index in [4.69, 9.17) is 11.6 Å². The fourth-order valence-corrected chi connectivity index (χ4v) is 1.89. The number of carbonyl (C=O) groups is 1. The van der Waals surface area contributed by atoms with Crippen LogP contribution in [0.2, 0.25) is 5.02 Å². The van der Waals surface area contributed by atoms with Gasteiger partial charge in [0.2, 0.25) is 0 Å². The fourth-order valence-electron chi connectivity index (χ4n) is 1.71. The molecule has 0 aliphatic heterocycles. The number of amides is 1. The van der Waals surface area contributed by atoms with E-state index in [0.29, 0.717) is 5.56 Å². The van der Waals surface area contributed by atoms with Crippen LogP contribution in [0.3, 0.4) is 0 Å². The monoisotopic (exact) mass is 332 g/mol. The van der Waals surface area contributed by atoms with Crippen molar-refractivity contribution in [2.75, 3.05) is 11.9 Å². The molecule has 23 heavy (non-hydrogen) atoms. The minimum absolute atomic E-state index is 0.0447. The second-order valence-corrected chi connectivity index (χ2v) is 4.89. The summed E-state index contributed by atoms with van der Waals surface area (Å²) in [6, 6.07) is 13.5. The summed E-state index contributed by atoms with van der Waals surface area (Å²) in [6.07, 6.45) is 1.31. The molecule has 0 bridgehead atoms. The molecule has 0 fully saturated rings. The van der Waals surface area contributed by atoms with Crippen LogP contribution in [0.15, 0.2) is 53.6 Å². The molecule has 118 valence electrons. The van der Waals surface area contributed by atoms with Gasteiger partial charge in [-0.1, -0.05) is 35.9 Å². The van der Waals surface area contributed by atoms with E-state index in [9.17, 15) is 14.9 Å². The third-order valence-electron chi connectivity index (χ3n) is 2.80. The highest BCUT2D eigenvalue weighted by Gasteiger charge is 2.11. The van der Waals surface area contributed by atoms with Crippen molar-refractivity contribution >= 4 is 35.1 Å². The number of hydrogen-bond acceptors (Lipinski definition) is 5. The average molecular weight is 333 g/mol. The Bertz CT molecular complexity index is 735. The average Bonchev–Trinajstić information content (AvgIpc) is 2.55. The first-order valence-electron chi connectivity index (χ1n) is 6.61. The number of para-hydroxylation sites is 1. The zero-order chi connectivity index (χ0) is 16.7. The van der Waals surface area contributed by atoms with Gasteiger partial charge in [-0.2, -0.15) is 5.10 Å². The molecule has 0 aliphatic rings. The first-order valence-corrected chi connectivity index (χ1v) is 6.99. The number of nitrogens with one attached hydrogen (secondary N) is 2. The summed E-state index contributed by atoms with van der Waals surface area (Å²) < 4.78 is 0. The van der Waals surface area contributed by atoms with E-state index >= 15 is 0 Å². The molecular formula is C15H13ClN4O3. The highest BCUT2D eigenvalue weighted by atomic mass is 35.5. The van der Waals surface area contributed by atoms with E-state index in [2.05, 4.69) is 15.8 Å². The Morgan fingerprint density at radius 2 is 2.00 bits per heavy atom. The summed E-state index contributed by atoms with van der Waals surface area (Å²) in [5.41, 5.74) is 3.39. The van der Waals surface area contributed by atoms with Crippen LogP contribution in [0.5, 0.6) is 0 Å². The number of anilines is 1. The van der Waals surface area contributed by atoms with E-state index < -0.39 is 4.92 Å². The van der Waals surface area contributed by atoms with Gasteiger partial charge in [-0.15, -0.1) is 0 Å². The topological polar surface area (TPSA) is 96.6 Å². The molecule has 0 spiro atoms. The Morgan fingerprint density at radius 1 is 1.26 bits per heavy atom. The van der Waals surface area contributed by atoms with E-state index in [1.165, 1.54) is 18.3 Å². The molecule has 1 amide bonds. The van der Waals surface area contributed by atoms with Gasteiger partial charge >= 0.3 is 0 Å². The van der Waals surface area contributed by atoms with E-state index in [1.807, 2.05) is 30.3 Å². The van der Waals surface area contributed by atoms with E-state index in [-0.39, 0.29) is 23.2 Å². The minimum Gasteiger partial charge on any atom is -0.376 e. The van der Waals surface area contributed by atoms with Crippen molar-refractivity contribution in [2.45, 2.75) is 0 Å². The molecule has 0 radical (unpaired) electrons. The summed E-state index contributed by atoms with van der Waals surface area (Å²) in [5.74, 6) is -0.339. The lowest BCUT2D eigenvalue weighted by atomic mass is 10.2. The number of hydrogen-bond donors (Lipinski definition) is 2. The molecule has 0 atom stereocenters. The predicted octanol–water partition coefficient (Wildman–Crippen LogP) is 2.81. The van der Waals surface area contributed by atoms with Crippen LogP contribution < -0.4 is 10.7 Å². The Morgan fingerprint density at radius 3 is 2.70 bits per heavy atom. The summed E-state index contributed by atoms with van der Waals surface area (Å²) in [7, 11) is 0. The Balaban J connectivity index is 1.87. The molecule has 0 saturated carbocycles. The molecule has 7 nitrogen and oxygen atoms in total. The lowest BCUT2D eigenvalue weighted by molar-refractivity contribution is -0.384. The summed E-state index contributed by atoms with van der Waals surface area (Å²) >= 11 is 5.71. The molecule has 0 heterocycles. The highest BCUT2D eigenvalue weighted by molar-refractivity contribution is 6.32. The number of nitro groups is 1. The van der Waals surface area contributed by atoms with Gasteiger partial charge in [0, 0.05) is 17.3 Å². The highest BCUT2D eigenvalue weighted by Crippen LogP contribution is 2.24. The van der Waals surface area contributed by atoms with Crippen molar-refractivity contribution in [3.63, 3.8) is 0 Å². The predicted molar refractivity (Wildman–Crippen MR) is 88.8 cm³/mol. The van der Waals surface area contributed by atoms with Gasteiger partial charge in [-0.25, -0.2) is 5.43 Å². The lowest BCUT2D eigenvalue weighted by Crippen LogP contribution is -2.25. The Labute approximate surface area is 137 Å². The quantitative estimate of drug-likeness (QED) is 0.483. The van der Waals surface area contributed by atoms with Crippen molar-refractivity contribution < 1.29 is 9.72 Å². The maximum Gasteiger partial charge on any atom is 0.288 e. The zero-order valence-electron chi connectivity index (χ0n) is 11.9. The molecule has 8 heteroatoms. The first kappa shape index (κ1) is 16.4. The van der Waals surface area contributed by atoms with Crippen molar-refractivity contribution in [3.8, 4) is 0 Å². The van der Waals surface area contributed by atoms with Crippen LogP contribution in [0.4, 0.5) is 11.4 Å². The maximum atomic E-state index is 11.6. The molecule has 0 unspecified atom stereocenters. The number of carbonyl (C=O) groups excluding carboxylic acids is 1. The summed E-state index contributed by atoms with van der Waals surface area (Å²) in [6.45, 7) is 0.0577. The molecule has 0 aromatic heterocycles. The van der Waals surface area contributed by atoms with Gasteiger partial charge in [0.25, 0.3) is 11.6 Å². The van der Waals surface area contributed by atoms with Gasteiger partial charge in [-0.3, -0.25) is 14.9 Å². The molecule has 2 aromatic rings. The Hall–Kier alpha value is -2.93. The van der Waals surface area contributed by atoms with E-state index in [0.717, 1.165) is 5.69 Å². The standard InChI is InChI=1S/C15H13ClN4O3/c16-13-7-6-11(8-14(13)20(22)23)9-18-19-15(21)10-17-12-4-2-1-3-5-12/h1-9,17H,10H2,(H,19,21)/b18-9+. The maximum absolute atomic E-state index is 11.6. The molecule has 0 aliphatic carbocycles. The second-order valence-electron chi connectivity index (χ2n) is 4.48. The smallest absolute Gasteiger partial charge is 0.288 e. The number of nitro benzene ring substituents is 1. The number of rotatable bonds is 6. The molecule has 0 saturated heterocycles. The SMILES string of the molecule is O=C(CNc1ccccc1)N/N=C/c1ccc(Cl)c([N+](=O)[O-])c1. The third kappa shape index (κ3) is 5.08. The molecular weight excluding hydrogens is 320 g/mol. The summed E-state index contributed by atoms with van der Waals surface area (Å²) in [5, 5.41) is 17.5. The summed E-state index contributed by atoms with van der Waals surface area (Å²) in [4.78, 5) is 21.8. The van der Waals surface area contributed by atoms with Gasteiger partial charge in [0.1, 0.15) is 5.02 Å². The molecule has 2 aromatic carbocycles. The van der Waals surface area contributed by atoms with Crippen LogP contribution >= 0.6 is 11.6 Å². The number of hydrazone groups is 1. The minimum atomic E-state index is -0.581. The number of benzene rings is 2. The van der Waals surface area contributed by atoms with Gasteiger partial charge in [0.15, 0.2) is 0 Å². The van der Waals surface area contributed by atoms with Crippen molar-refractivity contribution in [2.24, 2.45) is 5.10 Å².